The number of alkyl halides is 3. The SMILES string of the molecule is O=C1N=c2cc(C(F)(F)F)cc(Br)c2=NC1=O. The molecule has 0 radical (unpaired) electrons. The molecule has 8 heteroatoms. The highest BCUT2D eigenvalue weighted by Crippen LogP contribution is 2.28. The molecule has 0 saturated heterocycles. The van der Waals surface area contributed by atoms with Gasteiger partial charge in [-0.25, -0.2) is 9.98 Å². The zero-order chi connectivity index (χ0) is 12.8. The Morgan fingerprint density at radius 2 is 1.65 bits per heavy atom. The highest BCUT2D eigenvalue weighted by atomic mass is 79.9. The second-order valence-electron chi connectivity index (χ2n) is 3.16. The molecule has 1 aliphatic rings. The Balaban J connectivity index is 2.81. The van der Waals surface area contributed by atoms with Gasteiger partial charge in [0.2, 0.25) is 0 Å². The topological polar surface area (TPSA) is 58.9 Å². The van der Waals surface area contributed by atoms with E-state index in [-0.39, 0.29) is 15.2 Å². The van der Waals surface area contributed by atoms with E-state index in [0.29, 0.717) is 6.07 Å². The summed E-state index contributed by atoms with van der Waals surface area (Å²) in [5, 5.41) is -0.334. The predicted molar refractivity (Wildman–Crippen MR) is 51.5 cm³/mol. The Kier molecular flexibility index (Phi) is 2.61. The molecule has 0 bridgehead atoms. The van der Waals surface area contributed by atoms with Crippen LogP contribution in [0.3, 0.4) is 0 Å². The number of hydrogen-bond donors (Lipinski definition) is 0. The predicted octanol–water partition coefficient (Wildman–Crippen LogP) is 0.774. The van der Waals surface area contributed by atoms with Gasteiger partial charge in [-0.2, -0.15) is 13.2 Å². The van der Waals surface area contributed by atoms with Crippen LogP contribution < -0.4 is 10.7 Å². The van der Waals surface area contributed by atoms with E-state index in [1.165, 1.54) is 0 Å². The normalized spacial score (nSPS) is 15.1. The lowest BCUT2D eigenvalue weighted by atomic mass is 10.2. The first-order chi connectivity index (χ1) is 7.79. The van der Waals surface area contributed by atoms with Gasteiger partial charge in [0.25, 0.3) is 0 Å². The van der Waals surface area contributed by atoms with E-state index >= 15 is 0 Å². The Hall–Kier alpha value is -1.57. The lowest BCUT2D eigenvalue weighted by Crippen LogP contribution is -2.36. The van der Waals surface area contributed by atoms with Crippen molar-refractivity contribution in [2.75, 3.05) is 0 Å². The first kappa shape index (κ1) is 11.9. The molecular formula is C9H2BrF3N2O2. The fourth-order valence-electron chi connectivity index (χ4n) is 1.25. The van der Waals surface area contributed by atoms with Gasteiger partial charge < -0.3 is 0 Å². The summed E-state index contributed by atoms with van der Waals surface area (Å²) >= 11 is 2.86. The van der Waals surface area contributed by atoms with Gasteiger partial charge in [0.1, 0.15) is 5.36 Å². The molecule has 1 aliphatic heterocycles. The zero-order valence-electron chi connectivity index (χ0n) is 7.88. The molecule has 0 unspecified atom stereocenters. The van der Waals surface area contributed by atoms with Gasteiger partial charge in [-0.15, -0.1) is 0 Å². The van der Waals surface area contributed by atoms with Crippen LogP contribution >= 0.6 is 15.9 Å². The van der Waals surface area contributed by atoms with Crippen molar-refractivity contribution in [2.24, 2.45) is 9.98 Å². The van der Waals surface area contributed by atoms with Crippen LogP contribution in [0.2, 0.25) is 0 Å². The summed E-state index contributed by atoms with van der Waals surface area (Å²) in [5.41, 5.74) is -0.968. The van der Waals surface area contributed by atoms with Crippen molar-refractivity contribution in [3.63, 3.8) is 0 Å². The van der Waals surface area contributed by atoms with E-state index in [0.717, 1.165) is 6.07 Å². The Morgan fingerprint density at radius 1 is 1.06 bits per heavy atom. The maximum Gasteiger partial charge on any atom is 0.416 e. The molecule has 1 aromatic carbocycles. The van der Waals surface area contributed by atoms with E-state index in [9.17, 15) is 22.8 Å². The third kappa shape index (κ3) is 2.12. The molecular weight excluding hydrogens is 305 g/mol. The molecule has 1 heterocycles. The highest BCUT2D eigenvalue weighted by Gasteiger charge is 2.32. The molecule has 1 aromatic rings. The van der Waals surface area contributed by atoms with Gasteiger partial charge in [0, 0.05) is 4.47 Å². The Bertz CT molecular complexity index is 651. The summed E-state index contributed by atoms with van der Waals surface area (Å²) in [5.74, 6) is -2.28. The number of fused-ring (bicyclic) bond motifs is 1. The molecule has 4 nitrogen and oxygen atoms in total. The highest BCUT2D eigenvalue weighted by molar-refractivity contribution is 9.10. The van der Waals surface area contributed by atoms with Crippen molar-refractivity contribution in [2.45, 2.75) is 6.18 Å². The van der Waals surface area contributed by atoms with E-state index in [1.807, 2.05) is 0 Å². The van der Waals surface area contributed by atoms with Crippen molar-refractivity contribution in [1.29, 1.82) is 0 Å². The molecule has 0 saturated carbocycles. The van der Waals surface area contributed by atoms with Crippen molar-refractivity contribution < 1.29 is 22.8 Å². The minimum absolute atomic E-state index is 0.0353. The van der Waals surface area contributed by atoms with Crippen molar-refractivity contribution >= 4 is 27.7 Å². The zero-order valence-corrected chi connectivity index (χ0v) is 9.46. The quantitative estimate of drug-likeness (QED) is 0.665. The average Bonchev–Trinajstić information content (AvgIpc) is 2.19. The fourth-order valence-corrected chi connectivity index (χ4v) is 1.79. The largest absolute Gasteiger partial charge is 0.416 e. The minimum atomic E-state index is -4.56. The van der Waals surface area contributed by atoms with Crippen LogP contribution in [0.4, 0.5) is 13.2 Å². The van der Waals surface area contributed by atoms with Crippen LogP contribution in [0.15, 0.2) is 26.6 Å². The standard InChI is InChI=1S/C9H2BrF3N2O2/c10-4-1-3(9(11,12)13)2-5-6(4)15-8(17)7(16)14-5/h1-2H. The van der Waals surface area contributed by atoms with Crippen LogP contribution in [0.1, 0.15) is 5.56 Å². The van der Waals surface area contributed by atoms with E-state index in [4.69, 9.17) is 0 Å². The van der Waals surface area contributed by atoms with Gasteiger partial charge in [-0.3, -0.25) is 9.59 Å². The smallest absolute Gasteiger partial charge is 0.261 e. The summed E-state index contributed by atoms with van der Waals surface area (Å²) < 4.78 is 37.4. The molecule has 2 rings (SSSR count). The summed E-state index contributed by atoms with van der Waals surface area (Å²) in [4.78, 5) is 28.5. The van der Waals surface area contributed by atoms with Crippen molar-refractivity contribution in [1.82, 2.24) is 0 Å². The maximum atomic E-state index is 12.5. The molecule has 0 spiro atoms. The number of carbonyl (C=O) groups excluding carboxylic acids is 2. The summed E-state index contributed by atoms with van der Waals surface area (Å²) in [7, 11) is 0. The number of benzene rings is 1. The van der Waals surface area contributed by atoms with Gasteiger partial charge >= 0.3 is 18.0 Å². The van der Waals surface area contributed by atoms with E-state index in [2.05, 4.69) is 25.9 Å². The first-order valence-corrected chi connectivity index (χ1v) is 5.01. The molecule has 0 fully saturated rings. The Labute approximate surface area is 100.0 Å². The average molecular weight is 307 g/mol. The van der Waals surface area contributed by atoms with Crippen LogP contribution in [-0.2, 0) is 15.8 Å². The summed E-state index contributed by atoms with van der Waals surface area (Å²) in [6.07, 6.45) is -4.56. The number of nitrogens with zero attached hydrogens (tertiary/aromatic N) is 2. The van der Waals surface area contributed by atoms with Gasteiger partial charge in [-0.05, 0) is 28.1 Å². The molecule has 0 aliphatic carbocycles. The maximum absolute atomic E-state index is 12.5. The molecule has 88 valence electrons. The number of rotatable bonds is 0. The second kappa shape index (κ2) is 3.73. The lowest BCUT2D eigenvalue weighted by molar-refractivity contribution is -0.138. The van der Waals surface area contributed by atoms with Crippen LogP contribution in [0.25, 0.3) is 0 Å². The van der Waals surface area contributed by atoms with Crippen molar-refractivity contribution in [3.8, 4) is 0 Å². The van der Waals surface area contributed by atoms with Crippen LogP contribution in [0.5, 0.6) is 0 Å². The van der Waals surface area contributed by atoms with E-state index in [1.54, 1.807) is 0 Å². The summed E-state index contributed by atoms with van der Waals surface area (Å²) in [6.45, 7) is 0. The van der Waals surface area contributed by atoms with Crippen LogP contribution in [-0.4, -0.2) is 11.8 Å². The first-order valence-electron chi connectivity index (χ1n) is 4.21. The van der Waals surface area contributed by atoms with E-state index < -0.39 is 23.6 Å². The molecule has 2 amide bonds. The monoisotopic (exact) mass is 306 g/mol. The Morgan fingerprint density at radius 3 is 2.24 bits per heavy atom. The third-order valence-corrected chi connectivity index (χ3v) is 2.59. The van der Waals surface area contributed by atoms with Crippen molar-refractivity contribution in [3.05, 3.63) is 32.9 Å². The molecule has 0 atom stereocenters. The molecule has 0 N–H and O–H groups in total. The number of amides is 2. The lowest BCUT2D eigenvalue weighted by Gasteiger charge is -2.07. The number of carbonyl (C=O) groups is 2. The number of halogens is 4. The van der Waals surface area contributed by atoms with Gasteiger partial charge in [0.15, 0.2) is 0 Å². The third-order valence-electron chi connectivity index (χ3n) is 1.99. The van der Waals surface area contributed by atoms with Crippen LogP contribution in [0, 0.1) is 0 Å². The number of hydrogen-bond acceptors (Lipinski definition) is 2. The fraction of sp³-hybridized carbons (Fsp3) is 0.111. The van der Waals surface area contributed by atoms with Gasteiger partial charge in [-0.1, -0.05) is 0 Å². The van der Waals surface area contributed by atoms with Gasteiger partial charge in [0.05, 0.1) is 10.9 Å². The molecule has 0 aromatic heterocycles. The molecule has 17 heavy (non-hydrogen) atoms. The second-order valence-corrected chi connectivity index (χ2v) is 4.01. The minimum Gasteiger partial charge on any atom is -0.261 e. The summed E-state index contributed by atoms with van der Waals surface area (Å²) in [6, 6.07) is 1.45.